The molecule has 0 fully saturated rings. The van der Waals surface area contributed by atoms with Crippen molar-refractivity contribution >= 4 is 5.91 Å². The van der Waals surface area contributed by atoms with E-state index in [0.29, 0.717) is 35.2 Å². The standard InChI is InChI=1S/C25H19FN2O3/c26-20-10-12-21(13-11-20)30-23-8-4-6-19(16-23)25(29)28-17-18-5-3-7-22(15-18)31-24-9-1-2-14-27-24/h1-16H,17H2,(H,28,29). The number of carbonyl (C=O) groups excluding carboxylic acids is 1. The van der Waals surface area contributed by atoms with Gasteiger partial charge in [0.1, 0.15) is 23.1 Å². The fourth-order valence-corrected chi connectivity index (χ4v) is 2.87. The number of pyridine rings is 1. The SMILES string of the molecule is O=C(NCc1cccc(Oc2ccccn2)c1)c1cccc(Oc2ccc(F)cc2)c1. The largest absolute Gasteiger partial charge is 0.457 e. The Bertz CT molecular complexity index is 1160. The van der Waals surface area contributed by atoms with Crippen molar-refractivity contribution in [2.24, 2.45) is 0 Å². The van der Waals surface area contributed by atoms with Gasteiger partial charge in [0.25, 0.3) is 5.91 Å². The minimum absolute atomic E-state index is 0.236. The summed E-state index contributed by atoms with van der Waals surface area (Å²) in [5.74, 6) is 1.55. The topological polar surface area (TPSA) is 60.5 Å². The third kappa shape index (κ3) is 5.67. The van der Waals surface area contributed by atoms with Gasteiger partial charge in [0.05, 0.1) is 0 Å². The molecular weight excluding hydrogens is 395 g/mol. The second kappa shape index (κ2) is 9.54. The van der Waals surface area contributed by atoms with Gasteiger partial charge in [-0.15, -0.1) is 0 Å². The van der Waals surface area contributed by atoms with Gasteiger partial charge >= 0.3 is 0 Å². The average molecular weight is 414 g/mol. The van der Waals surface area contributed by atoms with Crippen LogP contribution in [-0.2, 0) is 6.54 Å². The number of halogens is 1. The highest BCUT2D eigenvalue weighted by atomic mass is 19.1. The highest BCUT2D eigenvalue weighted by molar-refractivity contribution is 5.94. The molecule has 0 saturated heterocycles. The first-order chi connectivity index (χ1) is 15.2. The van der Waals surface area contributed by atoms with Crippen LogP contribution < -0.4 is 14.8 Å². The van der Waals surface area contributed by atoms with Crippen LogP contribution in [0.1, 0.15) is 15.9 Å². The Morgan fingerprint density at radius 2 is 1.58 bits per heavy atom. The van der Waals surface area contributed by atoms with E-state index >= 15 is 0 Å². The maximum atomic E-state index is 13.0. The maximum Gasteiger partial charge on any atom is 0.251 e. The minimum atomic E-state index is -0.338. The van der Waals surface area contributed by atoms with E-state index in [4.69, 9.17) is 9.47 Å². The van der Waals surface area contributed by atoms with Gasteiger partial charge < -0.3 is 14.8 Å². The molecule has 154 valence electrons. The molecule has 0 spiro atoms. The van der Waals surface area contributed by atoms with Gasteiger partial charge in [-0.05, 0) is 66.2 Å². The summed E-state index contributed by atoms with van der Waals surface area (Å²) in [7, 11) is 0. The van der Waals surface area contributed by atoms with Crippen molar-refractivity contribution in [3.8, 4) is 23.1 Å². The third-order valence-electron chi connectivity index (χ3n) is 4.36. The number of hydrogen-bond acceptors (Lipinski definition) is 4. The lowest BCUT2D eigenvalue weighted by atomic mass is 10.1. The van der Waals surface area contributed by atoms with Crippen LogP contribution in [0, 0.1) is 5.82 Å². The van der Waals surface area contributed by atoms with Gasteiger partial charge in [0.15, 0.2) is 0 Å². The summed E-state index contributed by atoms with van der Waals surface area (Å²) in [4.78, 5) is 16.7. The molecule has 0 aliphatic rings. The Morgan fingerprint density at radius 1 is 0.806 bits per heavy atom. The van der Waals surface area contributed by atoms with Crippen molar-refractivity contribution in [3.63, 3.8) is 0 Å². The van der Waals surface area contributed by atoms with Crippen molar-refractivity contribution in [2.75, 3.05) is 0 Å². The highest BCUT2D eigenvalue weighted by Crippen LogP contribution is 2.23. The van der Waals surface area contributed by atoms with Gasteiger partial charge in [-0.3, -0.25) is 4.79 Å². The molecule has 4 rings (SSSR count). The van der Waals surface area contributed by atoms with Crippen molar-refractivity contribution in [2.45, 2.75) is 6.54 Å². The molecule has 5 nitrogen and oxygen atoms in total. The number of benzene rings is 3. The smallest absolute Gasteiger partial charge is 0.251 e. The van der Waals surface area contributed by atoms with Crippen molar-refractivity contribution < 1.29 is 18.7 Å². The van der Waals surface area contributed by atoms with E-state index in [-0.39, 0.29) is 11.7 Å². The number of rotatable bonds is 7. The third-order valence-corrected chi connectivity index (χ3v) is 4.36. The predicted molar refractivity (Wildman–Crippen MR) is 115 cm³/mol. The van der Waals surface area contributed by atoms with E-state index in [9.17, 15) is 9.18 Å². The van der Waals surface area contributed by atoms with Crippen molar-refractivity contribution in [1.82, 2.24) is 10.3 Å². The van der Waals surface area contributed by atoms with E-state index in [2.05, 4.69) is 10.3 Å². The number of nitrogens with one attached hydrogen (secondary N) is 1. The minimum Gasteiger partial charge on any atom is -0.457 e. The summed E-state index contributed by atoms with van der Waals surface area (Å²) in [6, 6.07) is 25.4. The molecule has 1 amide bonds. The number of carbonyl (C=O) groups is 1. The summed E-state index contributed by atoms with van der Waals surface area (Å²) in [6.07, 6.45) is 1.66. The first-order valence-electron chi connectivity index (χ1n) is 9.65. The first-order valence-corrected chi connectivity index (χ1v) is 9.65. The molecule has 0 saturated carbocycles. The van der Waals surface area contributed by atoms with Crippen LogP contribution in [0.3, 0.4) is 0 Å². The quantitative estimate of drug-likeness (QED) is 0.419. The second-order valence-electron chi connectivity index (χ2n) is 6.68. The van der Waals surface area contributed by atoms with Gasteiger partial charge in [-0.2, -0.15) is 0 Å². The molecule has 0 radical (unpaired) electrons. The lowest BCUT2D eigenvalue weighted by Crippen LogP contribution is -2.22. The van der Waals surface area contributed by atoms with E-state index in [0.717, 1.165) is 5.56 Å². The number of aromatic nitrogens is 1. The Hall–Kier alpha value is -4.19. The molecule has 6 heteroatoms. The zero-order valence-corrected chi connectivity index (χ0v) is 16.5. The van der Waals surface area contributed by atoms with Crippen molar-refractivity contribution in [3.05, 3.63) is 114 Å². The normalized spacial score (nSPS) is 10.4. The Morgan fingerprint density at radius 3 is 2.35 bits per heavy atom. The Kier molecular flexibility index (Phi) is 6.18. The zero-order valence-electron chi connectivity index (χ0n) is 16.5. The van der Waals surface area contributed by atoms with E-state index in [1.165, 1.54) is 24.3 Å². The fraction of sp³-hybridized carbons (Fsp3) is 0.0400. The summed E-state index contributed by atoms with van der Waals surface area (Å²) >= 11 is 0. The van der Waals surface area contributed by atoms with Gasteiger partial charge in [0, 0.05) is 24.4 Å². The Labute approximate surface area is 179 Å². The van der Waals surface area contributed by atoms with Gasteiger partial charge in [0.2, 0.25) is 5.88 Å². The van der Waals surface area contributed by atoms with Crippen LogP contribution in [0.15, 0.2) is 97.2 Å². The van der Waals surface area contributed by atoms with Crippen LogP contribution >= 0.6 is 0 Å². The summed E-state index contributed by atoms with van der Waals surface area (Å²) < 4.78 is 24.5. The van der Waals surface area contributed by atoms with Crippen LogP contribution in [0.25, 0.3) is 0 Å². The summed E-state index contributed by atoms with van der Waals surface area (Å²) in [6.45, 7) is 0.335. The number of ether oxygens (including phenoxy) is 2. The molecular formula is C25H19FN2O3. The molecule has 1 aromatic heterocycles. The molecule has 0 aliphatic carbocycles. The van der Waals surface area contributed by atoms with Gasteiger partial charge in [-0.1, -0.05) is 24.3 Å². The molecule has 4 aromatic rings. The van der Waals surface area contributed by atoms with Crippen LogP contribution in [0.4, 0.5) is 4.39 Å². The van der Waals surface area contributed by atoms with E-state index in [1.807, 2.05) is 36.4 Å². The molecule has 1 N–H and O–H groups in total. The number of amides is 1. The van der Waals surface area contributed by atoms with Crippen LogP contribution in [-0.4, -0.2) is 10.9 Å². The van der Waals surface area contributed by atoms with Gasteiger partial charge in [-0.25, -0.2) is 9.37 Å². The monoisotopic (exact) mass is 414 g/mol. The Balaban J connectivity index is 1.37. The molecule has 0 unspecified atom stereocenters. The predicted octanol–water partition coefficient (Wildman–Crippen LogP) is 5.74. The lowest BCUT2D eigenvalue weighted by molar-refractivity contribution is 0.0950. The zero-order chi connectivity index (χ0) is 21.5. The van der Waals surface area contributed by atoms with Crippen molar-refractivity contribution in [1.29, 1.82) is 0 Å². The molecule has 3 aromatic carbocycles. The summed E-state index contributed by atoms with van der Waals surface area (Å²) in [5, 5.41) is 2.89. The molecule has 31 heavy (non-hydrogen) atoms. The molecule has 1 heterocycles. The average Bonchev–Trinajstić information content (AvgIpc) is 2.80. The van der Waals surface area contributed by atoms with E-state index < -0.39 is 0 Å². The van der Waals surface area contributed by atoms with E-state index in [1.54, 1.807) is 36.5 Å². The molecule has 0 atom stereocenters. The fourth-order valence-electron chi connectivity index (χ4n) is 2.87. The maximum absolute atomic E-state index is 13.0. The first kappa shape index (κ1) is 20.1. The lowest BCUT2D eigenvalue weighted by Gasteiger charge is -2.10. The molecule has 0 aliphatic heterocycles. The van der Waals surface area contributed by atoms with Crippen LogP contribution in [0.5, 0.6) is 23.1 Å². The number of nitrogens with zero attached hydrogens (tertiary/aromatic N) is 1. The second-order valence-corrected chi connectivity index (χ2v) is 6.68. The molecule has 0 bridgehead atoms. The summed E-state index contributed by atoms with van der Waals surface area (Å²) in [5.41, 5.74) is 1.35. The van der Waals surface area contributed by atoms with Crippen LogP contribution in [0.2, 0.25) is 0 Å². The highest BCUT2D eigenvalue weighted by Gasteiger charge is 2.08. The number of hydrogen-bond donors (Lipinski definition) is 1.